The molecule has 1 atom stereocenters. The number of ether oxygens (including phenoxy) is 1. The summed E-state index contributed by atoms with van der Waals surface area (Å²) in [6.45, 7) is 2.47. The van der Waals surface area contributed by atoms with E-state index in [0.717, 1.165) is 0 Å². The highest BCUT2D eigenvalue weighted by atomic mass is 31.2. The molecule has 0 bridgehead atoms. The zero-order valence-electron chi connectivity index (χ0n) is 11.4. The van der Waals surface area contributed by atoms with E-state index in [0.29, 0.717) is 23.0 Å². The summed E-state index contributed by atoms with van der Waals surface area (Å²) >= 11 is 0. The molecule has 0 spiro atoms. The van der Waals surface area contributed by atoms with E-state index in [-0.39, 0.29) is 5.75 Å². The molecule has 2 aromatic rings. The van der Waals surface area contributed by atoms with Crippen LogP contribution in [0.5, 0.6) is 11.5 Å². The van der Waals surface area contributed by atoms with Crippen LogP contribution in [0.25, 0.3) is 0 Å². The van der Waals surface area contributed by atoms with Crippen LogP contribution in [0.4, 0.5) is 0 Å². The van der Waals surface area contributed by atoms with Gasteiger partial charge in [-0.1, -0.05) is 12.1 Å². The van der Waals surface area contributed by atoms with Crippen molar-refractivity contribution >= 4 is 18.0 Å². The summed E-state index contributed by atoms with van der Waals surface area (Å²) in [5.74, 6) is 0.669. The van der Waals surface area contributed by atoms with Gasteiger partial charge < -0.3 is 14.4 Å². The first kappa shape index (κ1) is 14.6. The van der Waals surface area contributed by atoms with E-state index < -0.39 is 7.37 Å². The van der Waals surface area contributed by atoms with Gasteiger partial charge in [-0.2, -0.15) is 0 Å². The fourth-order valence-electron chi connectivity index (χ4n) is 1.96. The Morgan fingerprint density at radius 1 is 1.10 bits per heavy atom. The van der Waals surface area contributed by atoms with E-state index in [1.807, 2.05) is 6.92 Å². The average Bonchev–Trinajstić information content (AvgIpc) is 2.48. The highest BCUT2D eigenvalue weighted by molar-refractivity contribution is 7.74. The van der Waals surface area contributed by atoms with Gasteiger partial charge in [0.2, 0.25) is 0 Å². The molecule has 0 heterocycles. The Labute approximate surface area is 118 Å². The molecule has 1 unspecified atom stereocenters. The average molecular weight is 292 g/mol. The van der Waals surface area contributed by atoms with Crippen molar-refractivity contribution in [3.8, 4) is 11.5 Å². The minimum Gasteiger partial charge on any atom is -0.507 e. The number of hydrogen-bond acceptors (Lipinski definition) is 4. The molecule has 2 rings (SSSR count). The Morgan fingerprint density at radius 2 is 1.75 bits per heavy atom. The van der Waals surface area contributed by atoms with E-state index in [9.17, 15) is 9.67 Å². The predicted molar refractivity (Wildman–Crippen MR) is 79.6 cm³/mol. The van der Waals surface area contributed by atoms with Gasteiger partial charge in [-0.15, -0.1) is 0 Å². The summed E-state index contributed by atoms with van der Waals surface area (Å²) in [4.78, 5) is 0. The maximum atomic E-state index is 13.1. The molecule has 0 aliphatic rings. The third-order valence-electron chi connectivity index (χ3n) is 2.94. The fourth-order valence-corrected chi connectivity index (χ4v) is 3.85. The van der Waals surface area contributed by atoms with Gasteiger partial charge in [-0.05, 0) is 43.3 Å². The van der Waals surface area contributed by atoms with Gasteiger partial charge in [0.25, 0.3) is 7.37 Å². The van der Waals surface area contributed by atoms with Crippen molar-refractivity contribution in [3.05, 3.63) is 48.5 Å². The topological polar surface area (TPSA) is 55.8 Å². The second kappa shape index (κ2) is 6.12. The summed E-state index contributed by atoms with van der Waals surface area (Å²) < 4.78 is 23.7. The van der Waals surface area contributed by atoms with Crippen LogP contribution in [0.15, 0.2) is 48.5 Å². The molecule has 0 saturated carbocycles. The lowest BCUT2D eigenvalue weighted by Gasteiger charge is -2.18. The van der Waals surface area contributed by atoms with Crippen LogP contribution < -0.4 is 15.3 Å². The SMILES string of the molecule is CCOc1ccc(P(=O)(OC)c2ccccc2O)cc1. The molecule has 0 amide bonds. The van der Waals surface area contributed by atoms with Crippen LogP contribution >= 0.6 is 7.37 Å². The lowest BCUT2D eigenvalue weighted by atomic mass is 10.3. The van der Waals surface area contributed by atoms with Gasteiger partial charge in [-0.25, -0.2) is 0 Å². The van der Waals surface area contributed by atoms with Gasteiger partial charge in [0.05, 0.1) is 11.9 Å². The van der Waals surface area contributed by atoms with Crippen molar-refractivity contribution in [2.75, 3.05) is 13.7 Å². The Bertz CT molecular complexity index is 622. The van der Waals surface area contributed by atoms with Gasteiger partial charge in [0, 0.05) is 12.4 Å². The largest absolute Gasteiger partial charge is 0.507 e. The molecule has 0 aromatic heterocycles. The van der Waals surface area contributed by atoms with Gasteiger partial charge >= 0.3 is 0 Å². The molecule has 4 nitrogen and oxygen atoms in total. The molecular weight excluding hydrogens is 275 g/mol. The van der Waals surface area contributed by atoms with E-state index in [1.165, 1.54) is 13.2 Å². The molecule has 0 fully saturated rings. The van der Waals surface area contributed by atoms with E-state index in [4.69, 9.17) is 9.26 Å². The summed E-state index contributed by atoms with van der Waals surface area (Å²) in [5.41, 5.74) is 0. The normalized spacial score (nSPS) is 13.7. The van der Waals surface area contributed by atoms with E-state index >= 15 is 0 Å². The summed E-state index contributed by atoms with van der Waals surface area (Å²) in [7, 11) is -1.91. The standard InChI is InChI=1S/C15H17O4P/c1-3-19-12-8-10-13(11-9-12)20(17,18-2)15-7-5-4-6-14(15)16/h4-11,16H,3H2,1-2H3. The van der Waals surface area contributed by atoms with Crippen molar-refractivity contribution < 1.29 is 18.9 Å². The number of rotatable bonds is 5. The number of hydrogen-bond donors (Lipinski definition) is 1. The molecule has 2 aromatic carbocycles. The molecule has 106 valence electrons. The number of benzene rings is 2. The lowest BCUT2D eigenvalue weighted by molar-refractivity contribution is 0.340. The van der Waals surface area contributed by atoms with Crippen LogP contribution in [0.3, 0.4) is 0 Å². The Morgan fingerprint density at radius 3 is 2.30 bits per heavy atom. The van der Waals surface area contributed by atoms with Gasteiger partial charge in [0.15, 0.2) is 0 Å². The third kappa shape index (κ3) is 2.72. The smallest absolute Gasteiger partial charge is 0.264 e. The van der Waals surface area contributed by atoms with Crippen LogP contribution in [0.1, 0.15) is 6.92 Å². The summed E-state index contributed by atoms with van der Waals surface area (Å²) in [5, 5.41) is 10.7. The van der Waals surface area contributed by atoms with Gasteiger partial charge in [0.1, 0.15) is 11.5 Å². The minimum absolute atomic E-state index is 0.0356. The van der Waals surface area contributed by atoms with Crippen LogP contribution in [-0.4, -0.2) is 18.8 Å². The van der Waals surface area contributed by atoms with Crippen molar-refractivity contribution in [2.45, 2.75) is 6.92 Å². The first-order chi connectivity index (χ1) is 9.61. The second-order valence-electron chi connectivity index (χ2n) is 4.15. The second-order valence-corrected chi connectivity index (χ2v) is 6.62. The minimum atomic E-state index is -3.29. The highest BCUT2D eigenvalue weighted by Crippen LogP contribution is 2.46. The molecule has 20 heavy (non-hydrogen) atoms. The van der Waals surface area contributed by atoms with Crippen LogP contribution in [-0.2, 0) is 9.09 Å². The number of aromatic hydroxyl groups is 1. The van der Waals surface area contributed by atoms with Crippen molar-refractivity contribution in [3.63, 3.8) is 0 Å². The Balaban J connectivity index is 2.46. The zero-order chi connectivity index (χ0) is 14.6. The lowest BCUT2D eigenvalue weighted by Crippen LogP contribution is -2.17. The summed E-state index contributed by atoms with van der Waals surface area (Å²) in [6.07, 6.45) is 0. The van der Waals surface area contributed by atoms with E-state index in [1.54, 1.807) is 42.5 Å². The molecule has 0 radical (unpaired) electrons. The van der Waals surface area contributed by atoms with Crippen molar-refractivity contribution in [1.82, 2.24) is 0 Å². The zero-order valence-corrected chi connectivity index (χ0v) is 12.3. The summed E-state index contributed by atoms with van der Waals surface area (Å²) in [6, 6.07) is 13.4. The number of phenolic OH excluding ortho intramolecular Hbond substituents is 1. The molecule has 5 heteroatoms. The quantitative estimate of drug-likeness (QED) is 0.861. The molecule has 1 N–H and O–H groups in total. The predicted octanol–water partition coefficient (Wildman–Crippen LogP) is 2.67. The maximum Gasteiger partial charge on any atom is 0.264 e. The molecule has 0 aliphatic heterocycles. The molecular formula is C15H17O4P. The Kier molecular flexibility index (Phi) is 4.48. The fraction of sp³-hybridized carbons (Fsp3) is 0.200. The number of phenols is 1. The number of para-hydroxylation sites is 1. The van der Waals surface area contributed by atoms with Crippen molar-refractivity contribution in [1.29, 1.82) is 0 Å². The Hall–Kier alpha value is -1.77. The third-order valence-corrected chi connectivity index (χ3v) is 5.45. The maximum absolute atomic E-state index is 13.1. The molecule has 0 saturated heterocycles. The van der Waals surface area contributed by atoms with Gasteiger partial charge in [-0.3, -0.25) is 4.57 Å². The highest BCUT2D eigenvalue weighted by Gasteiger charge is 2.29. The monoisotopic (exact) mass is 292 g/mol. The van der Waals surface area contributed by atoms with Crippen LogP contribution in [0.2, 0.25) is 0 Å². The van der Waals surface area contributed by atoms with E-state index in [2.05, 4.69) is 0 Å². The van der Waals surface area contributed by atoms with Crippen LogP contribution in [0, 0.1) is 0 Å². The first-order valence-electron chi connectivity index (χ1n) is 6.29. The van der Waals surface area contributed by atoms with Crippen molar-refractivity contribution in [2.24, 2.45) is 0 Å². The molecule has 0 aliphatic carbocycles. The first-order valence-corrected chi connectivity index (χ1v) is 7.92.